The lowest BCUT2D eigenvalue weighted by Gasteiger charge is -2.18. The molecule has 5 nitrogen and oxygen atoms in total. The third-order valence-corrected chi connectivity index (χ3v) is 3.50. The molecule has 0 aromatic carbocycles. The maximum absolute atomic E-state index is 11.7. The second-order valence-electron chi connectivity index (χ2n) is 5.77. The Bertz CT molecular complexity index is 334. The third-order valence-electron chi connectivity index (χ3n) is 3.50. The zero-order valence-corrected chi connectivity index (χ0v) is 16.1. The molecule has 1 unspecified atom stereocenters. The number of aliphatic imine (C=N–C) groups is 1. The minimum atomic E-state index is 0. The number of nitrogens with one attached hydrogen (secondary N) is 2. The van der Waals surface area contributed by atoms with Crippen molar-refractivity contribution in [1.29, 1.82) is 0 Å². The van der Waals surface area contributed by atoms with E-state index in [0.29, 0.717) is 18.4 Å². The molecule has 0 aliphatic carbocycles. The molecule has 21 heavy (non-hydrogen) atoms. The molecule has 124 valence electrons. The van der Waals surface area contributed by atoms with Crippen LogP contribution in [0, 0.1) is 5.92 Å². The van der Waals surface area contributed by atoms with Crippen LogP contribution in [-0.2, 0) is 4.79 Å². The Kier molecular flexibility index (Phi) is 10.8. The van der Waals surface area contributed by atoms with Crippen molar-refractivity contribution in [2.45, 2.75) is 53.0 Å². The molecule has 1 heterocycles. The number of rotatable bonds is 6. The quantitative estimate of drug-likeness (QED) is 0.401. The number of nitrogens with zero attached hydrogens (tertiary/aromatic N) is 2. The fourth-order valence-corrected chi connectivity index (χ4v) is 2.28. The molecule has 2 N–H and O–H groups in total. The molecule has 0 radical (unpaired) electrons. The van der Waals surface area contributed by atoms with Crippen LogP contribution in [0.5, 0.6) is 0 Å². The molecule has 0 aromatic heterocycles. The molecule has 1 fully saturated rings. The van der Waals surface area contributed by atoms with Gasteiger partial charge in [0.1, 0.15) is 0 Å². The standard InChI is InChI=1S/C15H30N4O.HI/c1-5-14(20)19-10-8-13(11-19)18-15(16-6-2)17-9-7-12(3)4;/h12-13H,5-11H2,1-4H3,(H2,16,17,18);1H. The summed E-state index contributed by atoms with van der Waals surface area (Å²) in [6, 6.07) is 0.322. The summed E-state index contributed by atoms with van der Waals surface area (Å²) >= 11 is 0. The molecule has 0 saturated carbocycles. The topological polar surface area (TPSA) is 56.7 Å². The first kappa shape index (κ1) is 20.5. The van der Waals surface area contributed by atoms with Crippen LogP contribution < -0.4 is 10.6 Å². The van der Waals surface area contributed by atoms with Crippen LogP contribution in [-0.4, -0.2) is 49.0 Å². The average molecular weight is 410 g/mol. The molecule has 1 atom stereocenters. The summed E-state index contributed by atoms with van der Waals surface area (Å²) in [7, 11) is 0. The highest BCUT2D eigenvalue weighted by molar-refractivity contribution is 14.0. The fraction of sp³-hybridized carbons (Fsp3) is 0.867. The van der Waals surface area contributed by atoms with Crippen molar-refractivity contribution >= 4 is 35.8 Å². The number of hydrogen-bond donors (Lipinski definition) is 2. The minimum Gasteiger partial charge on any atom is -0.357 e. The fourth-order valence-electron chi connectivity index (χ4n) is 2.28. The monoisotopic (exact) mass is 410 g/mol. The molecule has 1 amide bonds. The zero-order valence-electron chi connectivity index (χ0n) is 13.8. The van der Waals surface area contributed by atoms with E-state index in [-0.39, 0.29) is 29.9 Å². The van der Waals surface area contributed by atoms with Crippen LogP contribution in [0.1, 0.15) is 47.0 Å². The number of halogens is 1. The molecule has 0 bridgehead atoms. The largest absolute Gasteiger partial charge is 0.357 e. The Morgan fingerprint density at radius 3 is 2.67 bits per heavy atom. The van der Waals surface area contributed by atoms with Crippen LogP contribution in [0.25, 0.3) is 0 Å². The molecule has 0 aromatic rings. The van der Waals surface area contributed by atoms with Gasteiger partial charge in [-0.2, -0.15) is 0 Å². The third kappa shape index (κ3) is 7.87. The second kappa shape index (κ2) is 11.1. The summed E-state index contributed by atoms with van der Waals surface area (Å²) in [6.45, 7) is 11.8. The summed E-state index contributed by atoms with van der Waals surface area (Å²) in [6.07, 6.45) is 2.69. The van der Waals surface area contributed by atoms with Gasteiger partial charge in [0.15, 0.2) is 5.96 Å². The number of carbonyl (C=O) groups is 1. The first-order valence-electron chi connectivity index (χ1n) is 7.89. The van der Waals surface area contributed by atoms with E-state index in [1.54, 1.807) is 0 Å². The molecule has 6 heteroatoms. The molecule has 1 rings (SSSR count). The van der Waals surface area contributed by atoms with E-state index < -0.39 is 0 Å². The molecular weight excluding hydrogens is 379 g/mol. The van der Waals surface area contributed by atoms with Gasteiger partial charge in [-0.15, -0.1) is 24.0 Å². The lowest BCUT2D eigenvalue weighted by atomic mass is 10.1. The molecule has 1 aliphatic rings. The van der Waals surface area contributed by atoms with Crippen molar-refractivity contribution in [2.75, 3.05) is 26.2 Å². The summed E-state index contributed by atoms with van der Waals surface area (Å²) in [5.74, 6) is 1.80. The smallest absolute Gasteiger partial charge is 0.222 e. The maximum atomic E-state index is 11.7. The van der Waals surface area contributed by atoms with Crippen LogP contribution in [0.2, 0.25) is 0 Å². The predicted molar refractivity (Wildman–Crippen MR) is 99.3 cm³/mol. The molecule has 1 saturated heterocycles. The number of hydrogen-bond acceptors (Lipinski definition) is 2. The lowest BCUT2D eigenvalue weighted by Crippen LogP contribution is -2.45. The molecule has 0 spiro atoms. The second-order valence-corrected chi connectivity index (χ2v) is 5.77. The van der Waals surface area contributed by atoms with Gasteiger partial charge in [0.2, 0.25) is 5.91 Å². The first-order valence-corrected chi connectivity index (χ1v) is 7.89. The van der Waals surface area contributed by atoms with Crippen molar-refractivity contribution in [2.24, 2.45) is 10.9 Å². The predicted octanol–water partition coefficient (Wildman–Crippen LogP) is 2.22. The highest BCUT2D eigenvalue weighted by Gasteiger charge is 2.25. The summed E-state index contributed by atoms with van der Waals surface area (Å²) < 4.78 is 0. The van der Waals surface area contributed by atoms with Crippen molar-refractivity contribution in [1.82, 2.24) is 15.5 Å². The van der Waals surface area contributed by atoms with Gasteiger partial charge in [-0.1, -0.05) is 20.8 Å². The zero-order chi connectivity index (χ0) is 15.0. The van der Waals surface area contributed by atoms with Crippen molar-refractivity contribution in [3.05, 3.63) is 0 Å². The van der Waals surface area contributed by atoms with Crippen molar-refractivity contribution in [3.8, 4) is 0 Å². The highest BCUT2D eigenvalue weighted by Crippen LogP contribution is 2.10. The Balaban J connectivity index is 0.00000400. The van der Waals surface area contributed by atoms with Crippen LogP contribution in [0.3, 0.4) is 0 Å². The van der Waals surface area contributed by atoms with Gasteiger partial charge in [0.05, 0.1) is 0 Å². The van der Waals surface area contributed by atoms with Crippen LogP contribution >= 0.6 is 24.0 Å². The SMILES string of the molecule is CCNC(=NCCC(C)C)NC1CCN(C(=O)CC)C1.I. The summed E-state index contributed by atoms with van der Waals surface area (Å²) in [5.41, 5.74) is 0. The van der Waals surface area contributed by atoms with Gasteiger partial charge < -0.3 is 15.5 Å². The van der Waals surface area contributed by atoms with Gasteiger partial charge in [0.25, 0.3) is 0 Å². The van der Waals surface area contributed by atoms with Crippen LogP contribution in [0.15, 0.2) is 4.99 Å². The highest BCUT2D eigenvalue weighted by atomic mass is 127. The summed E-state index contributed by atoms with van der Waals surface area (Å²) in [4.78, 5) is 18.2. The van der Waals surface area contributed by atoms with E-state index in [1.807, 2.05) is 11.8 Å². The van der Waals surface area contributed by atoms with Crippen molar-refractivity contribution in [3.63, 3.8) is 0 Å². The van der Waals surface area contributed by atoms with Gasteiger partial charge in [0, 0.05) is 38.6 Å². The maximum Gasteiger partial charge on any atom is 0.222 e. The normalized spacial score (nSPS) is 18.6. The van der Waals surface area contributed by atoms with E-state index in [4.69, 9.17) is 0 Å². The Morgan fingerprint density at radius 1 is 1.38 bits per heavy atom. The Morgan fingerprint density at radius 2 is 2.10 bits per heavy atom. The number of amides is 1. The van der Waals surface area contributed by atoms with Gasteiger partial charge in [-0.05, 0) is 25.7 Å². The number of likely N-dealkylation sites (tertiary alicyclic amines) is 1. The lowest BCUT2D eigenvalue weighted by molar-refractivity contribution is -0.129. The van der Waals surface area contributed by atoms with Crippen molar-refractivity contribution < 1.29 is 4.79 Å². The average Bonchev–Trinajstić information content (AvgIpc) is 2.86. The number of carbonyl (C=O) groups excluding carboxylic acids is 1. The summed E-state index contributed by atoms with van der Waals surface area (Å²) in [5, 5.41) is 6.72. The van der Waals surface area contributed by atoms with E-state index >= 15 is 0 Å². The van der Waals surface area contributed by atoms with E-state index in [2.05, 4.69) is 36.4 Å². The molecule has 1 aliphatic heterocycles. The van der Waals surface area contributed by atoms with E-state index in [1.165, 1.54) is 0 Å². The van der Waals surface area contributed by atoms with Crippen LogP contribution in [0.4, 0.5) is 0 Å². The Labute approximate surface area is 146 Å². The molecular formula is C15H31IN4O. The number of guanidine groups is 1. The van der Waals surface area contributed by atoms with E-state index in [0.717, 1.165) is 45.0 Å². The van der Waals surface area contributed by atoms with Gasteiger partial charge in [-0.25, -0.2) is 0 Å². The Hall–Kier alpha value is -0.530. The van der Waals surface area contributed by atoms with E-state index in [9.17, 15) is 4.79 Å². The van der Waals surface area contributed by atoms with Gasteiger partial charge >= 0.3 is 0 Å². The van der Waals surface area contributed by atoms with Gasteiger partial charge in [-0.3, -0.25) is 9.79 Å². The minimum absolute atomic E-state index is 0. The first-order chi connectivity index (χ1) is 9.56.